The predicted octanol–water partition coefficient (Wildman–Crippen LogP) is 1.71. The van der Waals surface area contributed by atoms with Crippen molar-refractivity contribution in [2.45, 2.75) is 12.8 Å². The van der Waals surface area contributed by atoms with Gasteiger partial charge in [-0.1, -0.05) is 11.6 Å². The number of aromatic nitrogens is 1. The average molecular weight is 313 g/mol. The van der Waals surface area contributed by atoms with Gasteiger partial charge >= 0.3 is 5.69 Å². The zero-order valence-electron chi connectivity index (χ0n) is 11.7. The van der Waals surface area contributed by atoms with Crippen molar-refractivity contribution in [2.75, 3.05) is 26.7 Å². The molecule has 1 atom stereocenters. The zero-order valence-corrected chi connectivity index (χ0v) is 12.5. The largest absolute Gasteiger partial charge is 0.351 e. The highest BCUT2D eigenvalue weighted by atomic mass is 35.5. The summed E-state index contributed by atoms with van der Waals surface area (Å²) < 4.78 is 0. The minimum atomic E-state index is -0.682. The highest BCUT2D eigenvalue weighted by Gasteiger charge is 2.25. The second-order valence-corrected chi connectivity index (χ2v) is 5.59. The summed E-state index contributed by atoms with van der Waals surface area (Å²) in [4.78, 5) is 28.3. The Morgan fingerprint density at radius 2 is 2.43 bits per heavy atom. The number of halogens is 1. The van der Waals surface area contributed by atoms with Gasteiger partial charge in [-0.2, -0.15) is 0 Å². The van der Waals surface area contributed by atoms with Crippen LogP contribution in [0.25, 0.3) is 0 Å². The van der Waals surface area contributed by atoms with E-state index in [1.54, 1.807) is 0 Å². The van der Waals surface area contributed by atoms with Gasteiger partial charge in [-0.15, -0.1) is 0 Å². The molecule has 1 aromatic rings. The van der Waals surface area contributed by atoms with E-state index in [2.05, 4.69) is 15.2 Å². The van der Waals surface area contributed by atoms with E-state index >= 15 is 0 Å². The van der Waals surface area contributed by atoms with E-state index in [0.717, 1.165) is 25.9 Å². The molecule has 1 amide bonds. The number of nitrogens with zero attached hydrogens (tertiary/aromatic N) is 3. The van der Waals surface area contributed by atoms with Crippen molar-refractivity contribution in [1.29, 1.82) is 0 Å². The van der Waals surface area contributed by atoms with Gasteiger partial charge in [-0.25, -0.2) is 4.98 Å². The van der Waals surface area contributed by atoms with Crippen LogP contribution in [0.1, 0.15) is 23.2 Å². The SMILES string of the molecule is CN1CCCC(CNC(=O)c2ccnc(Cl)c2[N+](=O)[O-])C1. The smallest absolute Gasteiger partial charge is 0.319 e. The molecule has 1 aliphatic rings. The molecule has 2 heterocycles. The van der Waals surface area contributed by atoms with E-state index in [4.69, 9.17) is 11.6 Å². The second-order valence-electron chi connectivity index (χ2n) is 5.24. The molecule has 1 aromatic heterocycles. The summed E-state index contributed by atoms with van der Waals surface area (Å²) in [7, 11) is 2.04. The third-order valence-electron chi connectivity index (χ3n) is 3.58. The van der Waals surface area contributed by atoms with Crippen LogP contribution in [0.2, 0.25) is 5.15 Å². The summed E-state index contributed by atoms with van der Waals surface area (Å²) in [6, 6.07) is 1.31. The highest BCUT2D eigenvalue weighted by Crippen LogP contribution is 2.26. The summed E-state index contributed by atoms with van der Waals surface area (Å²) in [5.74, 6) is -0.122. The fraction of sp³-hybridized carbons (Fsp3) is 0.538. The fourth-order valence-corrected chi connectivity index (χ4v) is 2.78. The van der Waals surface area contributed by atoms with E-state index in [9.17, 15) is 14.9 Å². The van der Waals surface area contributed by atoms with Crippen LogP contribution >= 0.6 is 11.6 Å². The van der Waals surface area contributed by atoms with E-state index in [-0.39, 0.29) is 10.7 Å². The number of carbonyl (C=O) groups is 1. The normalized spacial score (nSPS) is 19.2. The number of nitrogens with one attached hydrogen (secondary N) is 1. The number of rotatable bonds is 4. The monoisotopic (exact) mass is 312 g/mol. The Bertz CT molecular complexity index is 552. The van der Waals surface area contributed by atoms with Crippen molar-refractivity contribution >= 4 is 23.2 Å². The third kappa shape index (κ3) is 3.89. The third-order valence-corrected chi connectivity index (χ3v) is 3.86. The van der Waals surface area contributed by atoms with E-state index in [1.807, 2.05) is 7.05 Å². The standard InChI is InChI=1S/C13H17ClN4O3/c1-17-6-2-3-9(8-17)7-16-13(19)10-4-5-15-12(14)11(10)18(20)21/h4-5,9H,2-3,6-8H2,1H3,(H,16,19). The molecular weight excluding hydrogens is 296 g/mol. The molecule has 0 saturated carbocycles. The van der Waals surface area contributed by atoms with Crippen LogP contribution in [-0.4, -0.2) is 47.4 Å². The summed E-state index contributed by atoms with van der Waals surface area (Å²) in [5, 5.41) is 13.5. The molecule has 0 spiro atoms. The molecule has 114 valence electrons. The number of hydrogen-bond acceptors (Lipinski definition) is 5. The molecule has 0 aliphatic carbocycles. The van der Waals surface area contributed by atoms with Gasteiger partial charge < -0.3 is 10.2 Å². The summed E-state index contributed by atoms with van der Waals surface area (Å²) in [6.45, 7) is 2.48. The maximum Gasteiger partial charge on any atom is 0.319 e. The van der Waals surface area contributed by atoms with Crippen molar-refractivity contribution in [3.05, 3.63) is 33.1 Å². The molecule has 0 aromatic carbocycles. The van der Waals surface area contributed by atoms with Crippen molar-refractivity contribution in [1.82, 2.24) is 15.2 Å². The highest BCUT2D eigenvalue weighted by molar-refractivity contribution is 6.32. The lowest BCUT2D eigenvalue weighted by Crippen LogP contribution is -2.39. The zero-order chi connectivity index (χ0) is 15.4. The second kappa shape index (κ2) is 6.82. The van der Waals surface area contributed by atoms with Crippen LogP contribution in [0.3, 0.4) is 0 Å². The van der Waals surface area contributed by atoms with Crippen LogP contribution in [0.4, 0.5) is 5.69 Å². The Morgan fingerprint density at radius 1 is 1.67 bits per heavy atom. The van der Waals surface area contributed by atoms with Crippen molar-refractivity contribution in [3.63, 3.8) is 0 Å². The Hall–Kier alpha value is -1.73. The number of carbonyl (C=O) groups excluding carboxylic acids is 1. The number of amides is 1. The number of pyridine rings is 1. The summed E-state index contributed by atoms with van der Waals surface area (Å²) in [6.07, 6.45) is 3.43. The van der Waals surface area contributed by atoms with Crippen LogP contribution in [-0.2, 0) is 0 Å². The van der Waals surface area contributed by atoms with Gasteiger partial charge in [0, 0.05) is 19.3 Å². The van der Waals surface area contributed by atoms with E-state index in [1.165, 1.54) is 12.3 Å². The van der Waals surface area contributed by atoms with Gasteiger partial charge in [0.25, 0.3) is 5.91 Å². The maximum absolute atomic E-state index is 12.1. The number of likely N-dealkylation sites (tertiary alicyclic amines) is 1. The fourth-order valence-electron chi connectivity index (χ4n) is 2.56. The van der Waals surface area contributed by atoms with Crippen LogP contribution in [0.5, 0.6) is 0 Å². The topological polar surface area (TPSA) is 88.4 Å². The van der Waals surface area contributed by atoms with Gasteiger partial charge in [-0.3, -0.25) is 14.9 Å². The van der Waals surface area contributed by atoms with E-state index in [0.29, 0.717) is 12.5 Å². The van der Waals surface area contributed by atoms with Crippen molar-refractivity contribution in [3.8, 4) is 0 Å². The molecule has 1 aliphatic heterocycles. The Balaban J connectivity index is 2.04. The molecule has 0 radical (unpaired) electrons. The average Bonchev–Trinajstić information content (AvgIpc) is 2.44. The van der Waals surface area contributed by atoms with Gasteiger partial charge in [0.2, 0.25) is 5.15 Å². The van der Waals surface area contributed by atoms with Crippen LogP contribution in [0.15, 0.2) is 12.3 Å². The molecule has 1 saturated heterocycles. The first-order valence-electron chi connectivity index (χ1n) is 6.74. The van der Waals surface area contributed by atoms with Crippen LogP contribution < -0.4 is 5.32 Å². The lowest BCUT2D eigenvalue weighted by molar-refractivity contribution is -0.385. The summed E-state index contributed by atoms with van der Waals surface area (Å²) >= 11 is 5.70. The van der Waals surface area contributed by atoms with Crippen LogP contribution in [0, 0.1) is 16.0 Å². The van der Waals surface area contributed by atoms with E-state index < -0.39 is 16.5 Å². The number of nitro groups is 1. The quantitative estimate of drug-likeness (QED) is 0.519. The predicted molar refractivity (Wildman–Crippen MR) is 78.5 cm³/mol. The minimum absolute atomic E-state index is 0.0517. The van der Waals surface area contributed by atoms with Gasteiger partial charge in [0.1, 0.15) is 5.56 Å². The molecule has 1 N–H and O–H groups in total. The maximum atomic E-state index is 12.1. The lowest BCUT2D eigenvalue weighted by Gasteiger charge is -2.29. The van der Waals surface area contributed by atoms with Gasteiger partial charge in [-0.05, 0) is 38.4 Å². The molecule has 21 heavy (non-hydrogen) atoms. The number of piperidine rings is 1. The first kappa shape index (κ1) is 15.7. The lowest BCUT2D eigenvalue weighted by atomic mass is 9.98. The molecule has 2 rings (SSSR count). The minimum Gasteiger partial charge on any atom is -0.351 e. The summed E-state index contributed by atoms with van der Waals surface area (Å²) in [5.41, 5.74) is -0.499. The molecule has 1 fully saturated rings. The molecule has 7 nitrogen and oxygen atoms in total. The number of hydrogen-bond donors (Lipinski definition) is 1. The molecule has 0 bridgehead atoms. The first-order valence-corrected chi connectivity index (χ1v) is 7.12. The molecule has 8 heteroatoms. The Morgan fingerprint density at radius 3 is 3.10 bits per heavy atom. The Kier molecular flexibility index (Phi) is 5.08. The van der Waals surface area contributed by atoms with Crippen molar-refractivity contribution in [2.24, 2.45) is 5.92 Å². The molecular formula is C13H17ClN4O3. The van der Waals surface area contributed by atoms with Gasteiger partial charge in [0.15, 0.2) is 0 Å². The van der Waals surface area contributed by atoms with Gasteiger partial charge in [0.05, 0.1) is 4.92 Å². The Labute approximate surface area is 127 Å². The first-order chi connectivity index (χ1) is 9.99. The molecule has 1 unspecified atom stereocenters. The van der Waals surface area contributed by atoms with Crippen molar-refractivity contribution < 1.29 is 9.72 Å².